The minimum absolute atomic E-state index is 0.909. The lowest BCUT2D eigenvalue weighted by Gasteiger charge is -2.03. The summed E-state index contributed by atoms with van der Waals surface area (Å²) in [4.78, 5) is 0. The highest BCUT2D eigenvalue weighted by atomic mass is 79.9. The van der Waals surface area contributed by atoms with E-state index < -0.39 is 0 Å². The van der Waals surface area contributed by atoms with Gasteiger partial charge in [-0.1, -0.05) is 45.7 Å². The molecule has 0 aliphatic rings. The van der Waals surface area contributed by atoms with Gasteiger partial charge in [0.15, 0.2) is 0 Å². The van der Waals surface area contributed by atoms with Crippen LogP contribution in [0.5, 0.6) is 0 Å². The molecule has 1 aromatic carbocycles. The molecule has 0 amide bonds. The SMILES string of the molecule is Cc1cccc(CCBr)c1Cl. The lowest BCUT2D eigenvalue weighted by atomic mass is 10.1. The predicted molar refractivity (Wildman–Crippen MR) is 53.7 cm³/mol. The molecule has 0 radical (unpaired) electrons. The molecule has 0 saturated carbocycles. The van der Waals surface area contributed by atoms with Crippen LogP contribution in [0.4, 0.5) is 0 Å². The van der Waals surface area contributed by atoms with Gasteiger partial charge in [0, 0.05) is 10.4 Å². The molecule has 0 N–H and O–H groups in total. The van der Waals surface area contributed by atoms with E-state index in [4.69, 9.17) is 11.6 Å². The van der Waals surface area contributed by atoms with Crippen LogP contribution >= 0.6 is 27.5 Å². The van der Waals surface area contributed by atoms with Gasteiger partial charge in [-0.15, -0.1) is 0 Å². The van der Waals surface area contributed by atoms with Crippen LogP contribution < -0.4 is 0 Å². The third-order valence-electron chi connectivity index (χ3n) is 1.64. The molecule has 0 saturated heterocycles. The minimum Gasteiger partial charge on any atom is -0.0924 e. The Bertz CT molecular complexity index is 245. The molecule has 0 bridgehead atoms. The molecular formula is C9H10BrCl. The molecule has 0 aliphatic carbocycles. The van der Waals surface area contributed by atoms with E-state index in [1.165, 1.54) is 5.56 Å². The van der Waals surface area contributed by atoms with Crippen molar-refractivity contribution in [3.05, 3.63) is 34.3 Å². The molecule has 60 valence electrons. The molecule has 0 unspecified atom stereocenters. The second-order valence-corrected chi connectivity index (χ2v) is 3.66. The van der Waals surface area contributed by atoms with E-state index in [2.05, 4.69) is 22.0 Å². The van der Waals surface area contributed by atoms with Gasteiger partial charge in [0.1, 0.15) is 0 Å². The fourth-order valence-corrected chi connectivity index (χ4v) is 1.65. The highest BCUT2D eigenvalue weighted by Gasteiger charge is 2.00. The zero-order chi connectivity index (χ0) is 8.27. The Hall–Kier alpha value is -0.0100. The van der Waals surface area contributed by atoms with E-state index in [1.807, 2.05) is 19.1 Å². The molecule has 1 rings (SSSR count). The number of rotatable bonds is 2. The van der Waals surface area contributed by atoms with Gasteiger partial charge in [-0.25, -0.2) is 0 Å². The van der Waals surface area contributed by atoms with Crippen LogP contribution in [0.25, 0.3) is 0 Å². The second-order valence-electron chi connectivity index (χ2n) is 2.49. The standard InChI is InChI=1S/C9H10BrCl/c1-7-3-2-4-8(5-6-10)9(7)11/h2-4H,5-6H2,1H3. The van der Waals surface area contributed by atoms with Gasteiger partial charge in [-0.3, -0.25) is 0 Å². The Morgan fingerprint density at radius 3 is 2.82 bits per heavy atom. The van der Waals surface area contributed by atoms with Gasteiger partial charge in [-0.05, 0) is 24.5 Å². The van der Waals surface area contributed by atoms with Crippen molar-refractivity contribution in [1.82, 2.24) is 0 Å². The highest BCUT2D eigenvalue weighted by molar-refractivity contribution is 9.09. The number of hydrogen-bond acceptors (Lipinski definition) is 0. The van der Waals surface area contributed by atoms with Gasteiger partial charge < -0.3 is 0 Å². The summed E-state index contributed by atoms with van der Waals surface area (Å²) >= 11 is 9.44. The molecule has 11 heavy (non-hydrogen) atoms. The zero-order valence-corrected chi connectivity index (χ0v) is 8.74. The first-order valence-electron chi connectivity index (χ1n) is 3.55. The summed E-state index contributed by atoms with van der Waals surface area (Å²) in [7, 11) is 0. The fourth-order valence-electron chi connectivity index (χ4n) is 1.00. The van der Waals surface area contributed by atoms with Crippen LogP contribution in [0.3, 0.4) is 0 Å². The Morgan fingerprint density at radius 1 is 1.45 bits per heavy atom. The zero-order valence-electron chi connectivity index (χ0n) is 6.40. The first-order chi connectivity index (χ1) is 5.25. The van der Waals surface area contributed by atoms with Gasteiger partial charge in [0.2, 0.25) is 0 Å². The molecule has 0 aromatic heterocycles. The lowest BCUT2D eigenvalue weighted by molar-refractivity contribution is 1.16. The third-order valence-corrected chi connectivity index (χ3v) is 2.57. The van der Waals surface area contributed by atoms with Crippen molar-refractivity contribution in [2.45, 2.75) is 13.3 Å². The van der Waals surface area contributed by atoms with E-state index in [0.717, 1.165) is 22.3 Å². The Balaban J connectivity index is 2.96. The van der Waals surface area contributed by atoms with Crippen molar-refractivity contribution in [2.24, 2.45) is 0 Å². The smallest absolute Gasteiger partial charge is 0.0467 e. The predicted octanol–water partition coefficient (Wildman–Crippen LogP) is 3.59. The largest absolute Gasteiger partial charge is 0.0924 e. The minimum atomic E-state index is 0.909. The number of halogens is 2. The van der Waals surface area contributed by atoms with Crippen LogP contribution in [-0.2, 0) is 6.42 Å². The normalized spacial score (nSPS) is 10.1. The van der Waals surface area contributed by atoms with Crippen LogP contribution in [0, 0.1) is 6.92 Å². The van der Waals surface area contributed by atoms with E-state index >= 15 is 0 Å². The summed E-state index contributed by atoms with van der Waals surface area (Å²) < 4.78 is 0. The van der Waals surface area contributed by atoms with Gasteiger partial charge >= 0.3 is 0 Å². The van der Waals surface area contributed by atoms with Crippen LogP contribution in [0.1, 0.15) is 11.1 Å². The number of aryl methyl sites for hydroxylation is 2. The molecule has 0 fully saturated rings. The Labute approximate surface area is 80.7 Å². The summed E-state index contributed by atoms with van der Waals surface area (Å²) in [6, 6.07) is 6.13. The van der Waals surface area contributed by atoms with Gasteiger partial charge in [-0.2, -0.15) is 0 Å². The number of benzene rings is 1. The molecule has 0 nitrogen and oxygen atoms in total. The topological polar surface area (TPSA) is 0 Å². The summed E-state index contributed by atoms with van der Waals surface area (Å²) in [5.74, 6) is 0. The van der Waals surface area contributed by atoms with E-state index in [9.17, 15) is 0 Å². The molecule has 0 aliphatic heterocycles. The first-order valence-corrected chi connectivity index (χ1v) is 5.05. The van der Waals surface area contributed by atoms with Gasteiger partial charge in [0.05, 0.1) is 0 Å². The van der Waals surface area contributed by atoms with Crippen LogP contribution in [-0.4, -0.2) is 5.33 Å². The van der Waals surface area contributed by atoms with Crippen molar-refractivity contribution in [1.29, 1.82) is 0 Å². The van der Waals surface area contributed by atoms with Crippen LogP contribution in [0.15, 0.2) is 18.2 Å². The lowest BCUT2D eigenvalue weighted by Crippen LogP contribution is -1.88. The van der Waals surface area contributed by atoms with Crippen LogP contribution in [0.2, 0.25) is 5.02 Å². The average molecular weight is 234 g/mol. The maximum atomic E-state index is 6.05. The molecule has 0 spiro atoms. The Kier molecular flexibility index (Phi) is 3.41. The van der Waals surface area contributed by atoms with Crippen molar-refractivity contribution in [3.63, 3.8) is 0 Å². The summed E-state index contributed by atoms with van der Waals surface area (Å²) in [6.45, 7) is 2.03. The van der Waals surface area contributed by atoms with Gasteiger partial charge in [0.25, 0.3) is 0 Å². The Morgan fingerprint density at radius 2 is 2.18 bits per heavy atom. The maximum Gasteiger partial charge on any atom is 0.0467 e. The van der Waals surface area contributed by atoms with Crippen molar-refractivity contribution >= 4 is 27.5 Å². The molecular weight excluding hydrogens is 223 g/mol. The maximum absolute atomic E-state index is 6.05. The molecule has 0 heterocycles. The highest BCUT2D eigenvalue weighted by Crippen LogP contribution is 2.20. The number of alkyl halides is 1. The first kappa shape index (κ1) is 9.08. The summed E-state index contributed by atoms with van der Waals surface area (Å²) in [5, 5.41) is 1.88. The fraction of sp³-hybridized carbons (Fsp3) is 0.333. The van der Waals surface area contributed by atoms with Crippen molar-refractivity contribution in [2.75, 3.05) is 5.33 Å². The van der Waals surface area contributed by atoms with Crippen molar-refractivity contribution < 1.29 is 0 Å². The number of hydrogen-bond donors (Lipinski definition) is 0. The average Bonchev–Trinajstić information content (AvgIpc) is 1.99. The van der Waals surface area contributed by atoms with Crippen molar-refractivity contribution in [3.8, 4) is 0 Å². The third kappa shape index (κ3) is 2.21. The molecule has 1 aromatic rings. The second kappa shape index (κ2) is 4.13. The summed E-state index contributed by atoms with van der Waals surface area (Å²) in [6.07, 6.45) is 1.00. The monoisotopic (exact) mass is 232 g/mol. The summed E-state index contributed by atoms with van der Waals surface area (Å²) in [5.41, 5.74) is 2.38. The molecule has 0 atom stereocenters. The van der Waals surface area contributed by atoms with E-state index in [0.29, 0.717) is 0 Å². The quantitative estimate of drug-likeness (QED) is 0.685. The van der Waals surface area contributed by atoms with E-state index in [1.54, 1.807) is 0 Å². The molecule has 2 heteroatoms. The van der Waals surface area contributed by atoms with E-state index in [-0.39, 0.29) is 0 Å².